The second kappa shape index (κ2) is 8.26. The molecule has 0 aromatic heterocycles. The summed E-state index contributed by atoms with van der Waals surface area (Å²) in [6, 6.07) is 10.1. The molecule has 0 amide bonds. The molecule has 2 nitrogen and oxygen atoms in total. The lowest BCUT2D eigenvalue weighted by molar-refractivity contribution is 0.0455. The molecule has 17 heavy (non-hydrogen) atoms. The Morgan fingerprint density at radius 1 is 1.12 bits per heavy atom. The minimum atomic E-state index is -0.0256. The summed E-state index contributed by atoms with van der Waals surface area (Å²) in [6.07, 6.45) is 5.03. The summed E-state index contributed by atoms with van der Waals surface area (Å²) < 4.78 is 5.78. The van der Waals surface area contributed by atoms with Crippen LogP contribution in [-0.2, 0) is 4.74 Å². The molecule has 2 N–H and O–H groups in total. The number of hydrogen-bond acceptors (Lipinski definition) is 2. The predicted molar refractivity (Wildman–Crippen MR) is 72.9 cm³/mol. The van der Waals surface area contributed by atoms with E-state index in [9.17, 15) is 0 Å². The van der Waals surface area contributed by atoms with Gasteiger partial charge in [0.05, 0.1) is 12.1 Å². The fourth-order valence-corrected chi connectivity index (χ4v) is 1.85. The van der Waals surface area contributed by atoms with Crippen molar-refractivity contribution < 1.29 is 4.74 Å². The van der Waals surface area contributed by atoms with Crippen LogP contribution in [0.25, 0.3) is 0 Å². The molecule has 0 aliphatic rings. The van der Waals surface area contributed by atoms with Gasteiger partial charge < -0.3 is 10.5 Å². The highest BCUT2D eigenvalue weighted by molar-refractivity contribution is 5.19. The number of nitrogens with two attached hydrogens (primary N) is 1. The molecule has 0 radical (unpaired) electrons. The Hall–Kier alpha value is -0.860. The zero-order valence-corrected chi connectivity index (χ0v) is 11.1. The highest BCUT2D eigenvalue weighted by Gasteiger charge is 2.14. The lowest BCUT2D eigenvalue weighted by Crippen LogP contribution is -2.26. The molecule has 0 aliphatic carbocycles. The van der Waals surface area contributed by atoms with Crippen molar-refractivity contribution in [2.75, 3.05) is 6.61 Å². The molecule has 2 unspecified atom stereocenters. The number of benzene rings is 1. The Balaban J connectivity index is 2.25. The van der Waals surface area contributed by atoms with Crippen LogP contribution in [0.1, 0.15) is 51.1 Å². The molecule has 0 aliphatic heterocycles. The maximum absolute atomic E-state index is 6.15. The molecule has 2 heteroatoms. The SMILES string of the molecule is CCCCCCOC(C)C(N)c1ccccc1. The summed E-state index contributed by atoms with van der Waals surface area (Å²) in [5.41, 5.74) is 7.30. The van der Waals surface area contributed by atoms with E-state index in [1.54, 1.807) is 0 Å². The number of ether oxygens (including phenoxy) is 1. The minimum absolute atomic E-state index is 0.0256. The highest BCUT2D eigenvalue weighted by Crippen LogP contribution is 2.16. The Morgan fingerprint density at radius 3 is 2.47 bits per heavy atom. The van der Waals surface area contributed by atoms with Crippen molar-refractivity contribution in [2.24, 2.45) is 5.73 Å². The van der Waals surface area contributed by atoms with Crippen molar-refractivity contribution >= 4 is 0 Å². The van der Waals surface area contributed by atoms with Crippen molar-refractivity contribution in [1.82, 2.24) is 0 Å². The van der Waals surface area contributed by atoms with Crippen molar-refractivity contribution in [1.29, 1.82) is 0 Å². The topological polar surface area (TPSA) is 35.2 Å². The fraction of sp³-hybridized carbons (Fsp3) is 0.600. The van der Waals surface area contributed by atoms with Crippen LogP contribution in [0.15, 0.2) is 30.3 Å². The van der Waals surface area contributed by atoms with Crippen LogP contribution >= 0.6 is 0 Å². The molecular weight excluding hydrogens is 210 g/mol. The largest absolute Gasteiger partial charge is 0.377 e. The van der Waals surface area contributed by atoms with E-state index in [1.807, 2.05) is 18.2 Å². The average Bonchev–Trinajstić information content (AvgIpc) is 2.38. The molecular formula is C15H25NO. The molecule has 2 atom stereocenters. The fourth-order valence-electron chi connectivity index (χ4n) is 1.85. The van der Waals surface area contributed by atoms with Gasteiger partial charge in [0.15, 0.2) is 0 Å². The van der Waals surface area contributed by atoms with Gasteiger partial charge in [0.1, 0.15) is 0 Å². The summed E-state index contributed by atoms with van der Waals surface area (Å²) in [5.74, 6) is 0. The second-order valence-corrected chi connectivity index (χ2v) is 4.57. The third-order valence-electron chi connectivity index (χ3n) is 3.07. The van der Waals surface area contributed by atoms with Crippen LogP contribution < -0.4 is 5.73 Å². The number of unbranched alkanes of at least 4 members (excludes halogenated alkanes) is 3. The zero-order chi connectivity index (χ0) is 12.5. The molecule has 0 bridgehead atoms. The predicted octanol–water partition coefficient (Wildman–Crippen LogP) is 3.67. The second-order valence-electron chi connectivity index (χ2n) is 4.57. The van der Waals surface area contributed by atoms with Crippen LogP contribution in [0.2, 0.25) is 0 Å². The van der Waals surface area contributed by atoms with E-state index in [-0.39, 0.29) is 12.1 Å². The quantitative estimate of drug-likeness (QED) is 0.698. The molecule has 1 rings (SSSR count). The Bertz CT molecular complexity index is 286. The monoisotopic (exact) mass is 235 g/mol. The van der Waals surface area contributed by atoms with E-state index in [0.29, 0.717) is 0 Å². The average molecular weight is 235 g/mol. The van der Waals surface area contributed by atoms with Gasteiger partial charge in [-0.1, -0.05) is 56.5 Å². The van der Waals surface area contributed by atoms with Crippen molar-refractivity contribution in [3.8, 4) is 0 Å². The van der Waals surface area contributed by atoms with Crippen LogP contribution in [0, 0.1) is 0 Å². The minimum Gasteiger partial charge on any atom is -0.377 e. The van der Waals surface area contributed by atoms with Gasteiger partial charge in [-0.05, 0) is 18.9 Å². The van der Waals surface area contributed by atoms with E-state index in [1.165, 1.54) is 19.3 Å². The van der Waals surface area contributed by atoms with E-state index in [2.05, 4.69) is 26.0 Å². The number of rotatable bonds is 8. The zero-order valence-electron chi connectivity index (χ0n) is 11.1. The summed E-state index contributed by atoms with van der Waals surface area (Å²) in [5, 5.41) is 0. The molecule has 96 valence electrons. The number of hydrogen-bond donors (Lipinski definition) is 1. The Kier molecular flexibility index (Phi) is 6.90. The third kappa shape index (κ3) is 5.33. The smallest absolute Gasteiger partial charge is 0.0739 e. The first-order valence-electron chi connectivity index (χ1n) is 6.67. The van der Waals surface area contributed by atoms with Crippen molar-refractivity contribution in [2.45, 2.75) is 51.7 Å². The highest BCUT2D eigenvalue weighted by atomic mass is 16.5. The first kappa shape index (κ1) is 14.2. The van der Waals surface area contributed by atoms with E-state index >= 15 is 0 Å². The van der Waals surface area contributed by atoms with Crippen LogP contribution in [0.5, 0.6) is 0 Å². The standard InChI is InChI=1S/C15H25NO/c1-3-4-5-9-12-17-13(2)15(16)14-10-7-6-8-11-14/h6-8,10-11,13,15H,3-5,9,12,16H2,1-2H3. The molecule has 0 saturated heterocycles. The van der Waals surface area contributed by atoms with Gasteiger partial charge in [0.25, 0.3) is 0 Å². The van der Waals surface area contributed by atoms with Crippen LogP contribution in [-0.4, -0.2) is 12.7 Å². The molecule has 0 heterocycles. The lowest BCUT2D eigenvalue weighted by Gasteiger charge is -2.20. The summed E-state index contributed by atoms with van der Waals surface area (Å²) in [4.78, 5) is 0. The van der Waals surface area contributed by atoms with Gasteiger partial charge in [-0.25, -0.2) is 0 Å². The molecule has 1 aromatic rings. The van der Waals surface area contributed by atoms with E-state index in [4.69, 9.17) is 10.5 Å². The first-order valence-corrected chi connectivity index (χ1v) is 6.67. The van der Waals surface area contributed by atoms with Crippen molar-refractivity contribution in [3.63, 3.8) is 0 Å². The third-order valence-corrected chi connectivity index (χ3v) is 3.07. The molecule has 1 aromatic carbocycles. The maximum Gasteiger partial charge on any atom is 0.0739 e. The first-order chi connectivity index (χ1) is 8.25. The van der Waals surface area contributed by atoms with Crippen LogP contribution in [0.4, 0.5) is 0 Å². The summed E-state index contributed by atoms with van der Waals surface area (Å²) >= 11 is 0. The molecule has 0 saturated carbocycles. The molecule has 0 spiro atoms. The van der Waals surface area contributed by atoms with Crippen LogP contribution in [0.3, 0.4) is 0 Å². The van der Waals surface area contributed by atoms with Gasteiger partial charge >= 0.3 is 0 Å². The van der Waals surface area contributed by atoms with Gasteiger partial charge in [0.2, 0.25) is 0 Å². The van der Waals surface area contributed by atoms with E-state index in [0.717, 1.165) is 18.6 Å². The Morgan fingerprint density at radius 2 is 1.82 bits per heavy atom. The summed E-state index contributed by atoms with van der Waals surface area (Å²) in [7, 11) is 0. The van der Waals surface area contributed by atoms with Gasteiger partial charge in [-0.2, -0.15) is 0 Å². The van der Waals surface area contributed by atoms with Gasteiger partial charge in [0, 0.05) is 6.61 Å². The van der Waals surface area contributed by atoms with Gasteiger partial charge in [-0.15, -0.1) is 0 Å². The van der Waals surface area contributed by atoms with Gasteiger partial charge in [-0.3, -0.25) is 0 Å². The van der Waals surface area contributed by atoms with Crippen molar-refractivity contribution in [3.05, 3.63) is 35.9 Å². The maximum atomic E-state index is 6.15. The summed E-state index contributed by atoms with van der Waals surface area (Å²) in [6.45, 7) is 5.09. The lowest BCUT2D eigenvalue weighted by atomic mass is 10.0. The molecule has 0 fully saturated rings. The Labute approximate surface area is 105 Å². The normalized spacial score (nSPS) is 14.5. The van der Waals surface area contributed by atoms with E-state index < -0.39 is 0 Å².